The first-order valence-corrected chi connectivity index (χ1v) is 7.81. The van der Waals surface area contributed by atoms with Crippen LogP contribution in [0.5, 0.6) is 0 Å². The minimum absolute atomic E-state index is 0.0242. The fourth-order valence-electron chi connectivity index (χ4n) is 2.02. The van der Waals surface area contributed by atoms with Crippen molar-refractivity contribution in [1.82, 2.24) is 4.90 Å². The molecule has 2 aliphatic rings. The lowest BCUT2D eigenvalue weighted by atomic mass is 10.0. The number of nitrogens with two attached hydrogens (primary N) is 1. The molecule has 2 atom stereocenters. The molecule has 2 rings (SSSR count). The standard InChI is InChI=1S/C11H14N2O5S2/c1-18-2-6(14)19-3-5-4-20-10-7(12)9(15)13(10)8(5)11(16)17/h7,10H,2-4,12H2,1H3,(H,16,17)/t7?,10-/m0/s1. The van der Waals surface area contributed by atoms with Crippen LogP contribution in [0, 0.1) is 0 Å². The fourth-order valence-corrected chi connectivity index (χ4v) is 4.22. The summed E-state index contributed by atoms with van der Waals surface area (Å²) in [6.07, 6.45) is 0. The number of carbonyl (C=O) groups excluding carboxylic acids is 2. The third-order valence-electron chi connectivity index (χ3n) is 2.96. The van der Waals surface area contributed by atoms with Gasteiger partial charge in [-0.25, -0.2) is 4.79 Å². The van der Waals surface area contributed by atoms with Crippen molar-refractivity contribution in [3.8, 4) is 0 Å². The summed E-state index contributed by atoms with van der Waals surface area (Å²) in [5.41, 5.74) is 6.18. The molecule has 20 heavy (non-hydrogen) atoms. The van der Waals surface area contributed by atoms with Crippen LogP contribution in [0.3, 0.4) is 0 Å². The summed E-state index contributed by atoms with van der Waals surface area (Å²) in [6, 6.07) is -0.640. The Bertz CT molecular complexity index is 493. The number of rotatable bonds is 5. The van der Waals surface area contributed by atoms with Crippen LogP contribution >= 0.6 is 23.5 Å². The molecule has 7 nitrogen and oxygen atoms in total. The third kappa shape index (κ3) is 2.71. The molecule has 1 amide bonds. The molecule has 1 saturated heterocycles. The highest BCUT2D eigenvalue weighted by molar-refractivity contribution is 8.13. The minimum atomic E-state index is -1.16. The highest BCUT2D eigenvalue weighted by atomic mass is 32.2. The van der Waals surface area contributed by atoms with E-state index in [0.29, 0.717) is 11.3 Å². The predicted molar refractivity (Wildman–Crippen MR) is 75.1 cm³/mol. The molecule has 0 radical (unpaired) electrons. The number of β-lactam (4-membered cyclic amide) rings is 1. The third-order valence-corrected chi connectivity index (χ3v) is 5.25. The second kappa shape index (κ2) is 6.17. The van der Waals surface area contributed by atoms with E-state index in [0.717, 1.165) is 11.8 Å². The van der Waals surface area contributed by atoms with E-state index < -0.39 is 12.0 Å². The highest BCUT2D eigenvalue weighted by Crippen LogP contribution is 2.40. The summed E-state index contributed by atoms with van der Waals surface area (Å²) >= 11 is 2.41. The smallest absolute Gasteiger partial charge is 0.352 e. The Morgan fingerprint density at radius 3 is 2.90 bits per heavy atom. The zero-order valence-corrected chi connectivity index (χ0v) is 12.3. The quantitative estimate of drug-likeness (QED) is 0.651. The average molecular weight is 318 g/mol. The van der Waals surface area contributed by atoms with E-state index in [1.165, 1.54) is 23.8 Å². The maximum absolute atomic E-state index is 11.7. The highest BCUT2D eigenvalue weighted by Gasteiger charge is 2.51. The largest absolute Gasteiger partial charge is 0.477 e. The number of hydrogen-bond acceptors (Lipinski definition) is 7. The summed E-state index contributed by atoms with van der Waals surface area (Å²) in [7, 11) is 1.42. The van der Waals surface area contributed by atoms with E-state index in [9.17, 15) is 19.5 Å². The van der Waals surface area contributed by atoms with Crippen molar-refractivity contribution in [2.45, 2.75) is 11.4 Å². The number of ether oxygens (including phenoxy) is 1. The zero-order chi connectivity index (χ0) is 14.9. The molecule has 0 saturated carbocycles. The van der Waals surface area contributed by atoms with Crippen molar-refractivity contribution in [3.63, 3.8) is 0 Å². The molecule has 0 aromatic rings. The molecule has 1 unspecified atom stereocenters. The van der Waals surface area contributed by atoms with Crippen molar-refractivity contribution < 1.29 is 24.2 Å². The molecular formula is C11H14N2O5S2. The van der Waals surface area contributed by atoms with E-state index in [-0.39, 0.29) is 34.5 Å². The van der Waals surface area contributed by atoms with Gasteiger partial charge in [-0.3, -0.25) is 14.5 Å². The number of aliphatic carboxylic acids is 1. The fraction of sp³-hybridized carbons (Fsp3) is 0.545. The maximum Gasteiger partial charge on any atom is 0.352 e. The van der Waals surface area contributed by atoms with E-state index in [1.807, 2.05) is 0 Å². The molecule has 2 aliphatic heterocycles. The van der Waals surface area contributed by atoms with Crippen LogP contribution in [0.4, 0.5) is 0 Å². The van der Waals surface area contributed by atoms with Gasteiger partial charge in [0.15, 0.2) is 0 Å². The maximum atomic E-state index is 11.7. The van der Waals surface area contributed by atoms with E-state index in [2.05, 4.69) is 0 Å². The van der Waals surface area contributed by atoms with Crippen LogP contribution in [0.2, 0.25) is 0 Å². The predicted octanol–water partition coefficient (Wildman–Crippen LogP) is -0.526. The summed E-state index contributed by atoms with van der Waals surface area (Å²) < 4.78 is 4.71. The van der Waals surface area contributed by atoms with Crippen molar-refractivity contribution in [1.29, 1.82) is 0 Å². The van der Waals surface area contributed by atoms with Crippen LogP contribution in [-0.4, -0.2) is 63.6 Å². The Morgan fingerprint density at radius 1 is 1.60 bits per heavy atom. The molecule has 3 N–H and O–H groups in total. The van der Waals surface area contributed by atoms with Crippen LogP contribution < -0.4 is 5.73 Å². The van der Waals surface area contributed by atoms with Gasteiger partial charge in [-0.2, -0.15) is 0 Å². The number of methoxy groups -OCH3 is 1. The van der Waals surface area contributed by atoms with Gasteiger partial charge >= 0.3 is 5.97 Å². The van der Waals surface area contributed by atoms with Crippen LogP contribution in [0.25, 0.3) is 0 Å². The Hall–Kier alpha value is -1.03. The minimum Gasteiger partial charge on any atom is -0.477 e. The van der Waals surface area contributed by atoms with Gasteiger partial charge in [0, 0.05) is 18.6 Å². The number of hydrogen-bond donors (Lipinski definition) is 2. The Kier molecular flexibility index (Phi) is 4.74. The zero-order valence-electron chi connectivity index (χ0n) is 10.7. The molecule has 0 aromatic heterocycles. The SMILES string of the molecule is COCC(=O)SCC1=C(C(=O)O)N2C(=O)C(N)[C@@H]2SC1. The lowest BCUT2D eigenvalue weighted by molar-refractivity contribution is -0.147. The van der Waals surface area contributed by atoms with Gasteiger partial charge in [-0.15, -0.1) is 11.8 Å². The van der Waals surface area contributed by atoms with Gasteiger partial charge in [0.05, 0.1) is 0 Å². The molecule has 0 aliphatic carbocycles. The molecule has 2 heterocycles. The van der Waals surface area contributed by atoms with E-state index >= 15 is 0 Å². The molecule has 0 aromatic carbocycles. The number of amides is 1. The van der Waals surface area contributed by atoms with Crippen molar-refractivity contribution in [3.05, 3.63) is 11.3 Å². The van der Waals surface area contributed by atoms with E-state index in [1.54, 1.807) is 0 Å². The number of nitrogens with zero attached hydrogens (tertiary/aromatic N) is 1. The summed E-state index contributed by atoms with van der Waals surface area (Å²) in [4.78, 5) is 35.7. The number of fused-ring (bicyclic) bond motifs is 1. The van der Waals surface area contributed by atoms with Crippen LogP contribution in [0.1, 0.15) is 0 Å². The van der Waals surface area contributed by atoms with Gasteiger partial charge in [0.2, 0.25) is 11.0 Å². The lowest BCUT2D eigenvalue weighted by Gasteiger charge is -2.48. The summed E-state index contributed by atoms with van der Waals surface area (Å²) in [5.74, 6) is -0.852. The van der Waals surface area contributed by atoms with E-state index in [4.69, 9.17) is 10.5 Å². The molecular weight excluding hydrogens is 304 g/mol. The second-order valence-electron chi connectivity index (χ2n) is 4.29. The van der Waals surface area contributed by atoms with Gasteiger partial charge in [0.1, 0.15) is 23.7 Å². The van der Waals surface area contributed by atoms with Gasteiger partial charge in [-0.05, 0) is 5.57 Å². The van der Waals surface area contributed by atoms with Gasteiger partial charge in [0.25, 0.3) is 0 Å². The normalized spacial score (nSPS) is 25.3. The Labute approximate surface area is 123 Å². The number of thioether (sulfide) groups is 2. The number of carboxylic acids is 1. The monoisotopic (exact) mass is 318 g/mol. The molecule has 0 spiro atoms. The van der Waals surface area contributed by atoms with Crippen LogP contribution in [-0.2, 0) is 19.1 Å². The molecule has 0 bridgehead atoms. The second-order valence-corrected chi connectivity index (χ2v) is 6.42. The first kappa shape index (κ1) is 15.4. The number of carboxylic acid groups (broad SMARTS) is 1. The van der Waals surface area contributed by atoms with Gasteiger partial charge < -0.3 is 15.6 Å². The van der Waals surface area contributed by atoms with Crippen molar-refractivity contribution >= 4 is 40.5 Å². The number of carbonyl (C=O) groups is 3. The first-order chi connectivity index (χ1) is 9.47. The Morgan fingerprint density at radius 2 is 2.30 bits per heavy atom. The molecule has 110 valence electrons. The first-order valence-electron chi connectivity index (χ1n) is 5.77. The topological polar surface area (TPSA) is 110 Å². The van der Waals surface area contributed by atoms with Crippen molar-refractivity contribution in [2.24, 2.45) is 5.73 Å². The Balaban J connectivity index is 2.14. The molecule has 9 heteroatoms. The summed E-state index contributed by atoms with van der Waals surface area (Å²) in [6.45, 7) is -0.0242. The van der Waals surface area contributed by atoms with Crippen molar-refractivity contribution in [2.75, 3.05) is 25.2 Å². The van der Waals surface area contributed by atoms with Crippen LogP contribution in [0.15, 0.2) is 11.3 Å². The van der Waals surface area contributed by atoms with Gasteiger partial charge in [-0.1, -0.05) is 11.8 Å². The molecule has 1 fully saturated rings. The lowest BCUT2D eigenvalue weighted by Crippen LogP contribution is -2.68. The average Bonchev–Trinajstić information content (AvgIpc) is 2.43. The summed E-state index contributed by atoms with van der Waals surface area (Å²) in [5, 5.41) is 8.80.